The van der Waals surface area contributed by atoms with Gasteiger partial charge in [0.05, 0.1) is 0 Å². The average Bonchev–Trinajstić information content (AvgIpc) is 2.99. The van der Waals surface area contributed by atoms with Crippen LogP contribution in [0.5, 0.6) is 0 Å². The predicted molar refractivity (Wildman–Crippen MR) is 179 cm³/mol. The lowest BCUT2D eigenvalue weighted by atomic mass is 9.84. The third-order valence-electron chi connectivity index (χ3n) is 8.30. The predicted octanol–water partition coefficient (Wildman–Crippen LogP) is 10.4. The molecule has 0 aliphatic heterocycles. The van der Waals surface area contributed by atoms with E-state index in [0.29, 0.717) is 5.92 Å². The number of nitrogens with two attached hydrogens (primary N) is 2. The fourth-order valence-electron chi connectivity index (χ4n) is 5.84. The molecule has 0 radical (unpaired) electrons. The second-order valence-electron chi connectivity index (χ2n) is 12.0. The summed E-state index contributed by atoms with van der Waals surface area (Å²) in [6, 6.07) is 15.0. The number of hydrogen-bond donors (Lipinski definition) is 4. The number of primary amides is 2. The molecule has 6 heteroatoms. The quantitative estimate of drug-likeness (QED) is 0.132. The normalized spacial score (nSPS) is 13.2. The number of rotatable bonds is 18. The molecule has 0 bridgehead atoms. The molecule has 1 aliphatic rings. The van der Waals surface area contributed by atoms with Crippen LogP contribution in [0.15, 0.2) is 48.5 Å². The summed E-state index contributed by atoms with van der Waals surface area (Å²) in [6.45, 7) is 2.28. The summed E-state index contributed by atoms with van der Waals surface area (Å²) in [7, 11) is 0. The summed E-state index contributed by atoms with van der Waals surface area (Å²) < 4.78 is 0. The molecule has 2 aromatic rings. The summed E-state index contributed by atoms with van der Waals surface area (Å²) in [4.78, 5) is 21.5. The highest BCUT2D eigenvalue weighted by atomic mass is 16.2. The van der Waals surface area contributed by atoms with Crippen molar-refractivity contribution in [2.24, 2.45) is 11.5 Å². The molecule has 42 heavy (non-hydrogen) atoms. The van der Waals surface area contributed by atoms with E-state index in [2.05, 4.69) is 41.8 Å². The summed E-state index contributed by atoms with van der Waals surface area (Å²) >= 11 is 0. The summed E-state index contributed by atoms with van der Waals surface area (Å²) in [5.41, 5.74) is 14.4. The van der Waals surface area contributed by atoms with Gasteiger partial charge in [0, 0.05) is 11.4 Å². The zero-order valence-electron chi connectivity index (χ0n) is 26.3. The number of carbonyl (C=O) groups is 2. The van der Waals surface area contributed by atoms with Gasteiger partial charge in [-0.15, -0.1) is 0 Å². The highest BCUT2D eigenvalue weighted by Crippen LogP contribution is 2.32. The molecule has 0 saturated heterocycles. The Kier molecular flexibility index (Phi) is 18.9. The first-order valence-corrected chi connectivity index (χ1v) is 16.8. The minimum absolute atomic E-state index is 0.509. The Labute approximate surface area is 255 Å². The third-order valence-corrected chi connectivity index (χ3v) is 8.30. The minimum atomic E-state index is -0.510. The van der Waals surface area contributed by atoms with Gasteiger partial charge in [-0.25, -0.2) is 9.59 Å². The minimum Gasteiger partial charge on any atom is -0.351 e. The summed E-state index contributed by atoms with van der Waals surface area (Å²) in [5, 5.41) is 5.16. The van der Waals surface area contributed by atoms with Gasteiger partial charge in [-0.05, 0) is 67.0 Å². The molecule has 2 aromatic carbocycles. The second kappa shape index (κ2) is 22.6. The summed E-state index contributed by atoms with van der Waals surface area (Å²) in [5.74, 6) is 0.705. The lowest BCUT2D eigenvalue weighted by Crippen LogP contribution is -2.19. The SMILES string of the molecule is CCCCCCCCCCCCCCCCc1ccc(NC(N)=O)cc1.NC(=O)Nc1ccc(C2CCCCC2)cc1. The van der Waals surface area contributed by atoms with Crippen molar-refractivity contribution >= 4 is 23.4 Å². The van der Waals surface area contributed by atoms with Gasteiger partial charge in [0.1, 0.15) is 0 Å². The molecule has 0 unspecified atom stereocenters. The van der Waals surface area contributed by atoms with E-state index in [0.717, 1.165) is 17.8 Å². The van der Waals surface area contributed by atoms with Gasteiger partial charge in [-0.3, -0.25) is 0 Å². The van der Waals surface area contributed by atoms with E-state index >= 15 is 0 Å². The molecule has 0 aromatic heterocycles. The van der Waals surface area contributed by atoms with Crippen LogP contribution in [0.1, 0.15) is 146 Å². The number of aryl methyl sites for hydroxylation is 1. The first kappa shape index (κ1) is 35.2. The number of anilines is 2. The maximum absolute atomic E-state index is 10.8. The van der Waals surface area contributed by atoms with Crippen molar-refractivity contribution in [2.75, 3.05) is 10.6 Å². The third kappa shape index (κ3) is 17.1. The number of benzene rings is 2. The molecule has 1 saturated carbocycles. The van der Waals surface area contributed by atoms with Gasteiger partial charge in [-0.1, -0.05) is 134 Å². The Balaban J connectivity index is 0.000000327. The van der Waals surface area contributed by atoms with Crippen molar-refractivity contribution in [2.45, 2.75) is 141 Å². The number of nitrogens with one attached hydrogen (secondary N) is 2. The lowest BCUT2D eigenvalue weighted by molar-refractivity contribution is 0.258. The summed E-state index contributed by atoms with van der Waals surface area (Å²) in [6.07, 6.45) is 27.3. The molecule has 6 N–H and O–H groups in total. The van der Waals surface area contributed by atoms with Crippen molar-refractivity contribution < 1.29 is 9.59 Å². The smallest absolute Gasteiger partial charge is 0.316 e. The van der Waals surface area contributed by atoms with Gasteiger partial charge in [-0.2, -0.15) is 0 Å². The molecule has 234 valence electrons. The topological polar surface area (TPSA) is 110 Å². The number of hydrogen-bond acceptors (Lipinski definition) is 2. The maximum Gasteiger partial charge on any atom is 0.316 e. The number of amides is 4. The van der Waals surface area contributed by atoms with Crippen LogP contribution >= 0.6 is 0 Å². The van der Waals surface area contributed by atoms with Crippen LogP contribution in [-0.2, 0) is 6.42 Å². The van der Waals surface area contributed by atoms with E-state index in [-0.39, 0.29) is 0 Å². The van der Waals surface area contributed by atoms with Crippen molar-refractivity contribution in [3.8, 4) is 0 Å². The van der Waals surface area contributed by atoms with Crippen molar-refractivity contribution in [1.82, 2.24) is 0 Å². The average molecular weight is 579 g/mol. The Morgan fingerprint density at radius 3 is 1.43 bits per heavy atom. The van der Waals surface area contributed by atoms with Crippen LogP contribution in [0.2, 0.25) is 0 Å². The van der Waals surface area contributed by atoms with Crippen LogP contribution in [-0.4, -0.2) is 12.1 Å². The molecule has 0 spiro atoms. The van der Waals surface area contributed by atoms with Crippen LogP contribution < -0.4 is 22.1 Å². The maximum atomic E-state index is 10.8. The molecule has 0 heterocycles. The van der Waals surface area contributed by atoms with E-state index in [1.165, 1.54) is 133 Å². The standard InChI is InChI=1S/C23H40N2O.C13H18N2O/c1-2-3-4-5-6-7-8-9-10-11-12-13-14-15-16-21-17-19-22(20-18-21)25-23(24)26;14-13(16)15-12-8-6-11(7-9-12)10-4-2-1-3-5-10/h17-20H,2-16H2,1H3,(H3,24,25,26);6-10H,1-5H2,(H3,14,15,16). The van der Waals surface area contributed by atoms with Crippen LogP contribution in [0.3, 0.4) is 0 Å². The molecule has 1 aliphatic carbocycles. The second-order valence-corrected chi connectivity index (χ2v) is 12.0. The number of carbonyl (C=O) groups excluding carboxylic acids is 2. The van der Waals surface area contributed by atoms with E-state index in [9.17, 15) is 9.59 Å². The van der Waals surface area contributed by atoms with E-state index in [4.69, 9.17) is 11.5 Å². The van der Waals surface area contributed by atoms with Gasteiger partial charge in [0.15, 0.2) is 0 Å². The van der Waals surface area contributed by atoms with Gasteiger partial charge < -0.3 is 22.1 Å². The fourth-order valence-corrected chi connectivity index (χ4v) is 5.84. The highest BCUT2D eigenvalue weighted by Gasteiger charge is 2.15. The van der Waals surface area contributed by atoms with E-state index < -0.39 is 12.1 Å². The Morgan fingerprint density at radius 2 is 1.00 bits per heavy atom. The Hall–Kier alpha value is -3.02. The van der Waals surface area contributed by atoms with Gasteiger partial charge in [0.25, 0.3) is 0 Å². The molecule has 4 amide bonds. The largest absolute Gasteiger partial charge is 0.351 e. The van der Waals surface area contributed by atoms with Crippen LogP contribution in [0.25, 0.3) is 0 Å². The zero-order chi connectivity index (χ0) is 30.3. The van der Waals surface area contributed by atoms with E-state index in [1.807, 2.05) is 24.3 Å². The van der Waals surface area contributed by atoms with Gasteiger partial charge >= 0.3 is 12.1 Å². The van der Waals surface area contributed by atoms with E-state index in [1.54, 1.807) is 0 Å². The monoisotopic (exact) mass is 578 g/mol. The molecular formula is C36H58N4O2. The number of urea groups is 2. The van der Waals surface area contributed by atoms with Crippen molar-refractivity contribution in [3.63, 3.8) is 0 Å². The first-order chi connectivity index (χ1) is 20.5. The lowest BCUT2D eigenvalue weighted by Gasteiger charge is -2.22. The number of unbranched alkanes of at least 4 members (excludes halogenated alkanes) is 13. The molecule has 0 atom stereocenters. The fraction of sp³-hybridized carbons (Fsp3) is 0.611. The molecule has 3 rings (SSSR count). The molecule has 6 nitrogen and oxygen atoms in total. The Morgan fingerprint density at radius 1 is 0.595 bits per heavy atom. The van der Waals surface area contributed by atoms with Crippen LogP contribution in [0.4, 0.5) is 21.0 Å². The molecule has 1 fully saturated rings. The Bertz CT molecular complexity index is 969. The van der Waals surface area contributed by atoms with Crippen LogP contribution in [0, 0.1) is 0 Å². The zero-order valence-corrected chi connectivity index (χ0v) is 26.3. The highest BCUT2D eigenvalue weighted by molar-refractivity contribution is 5.88. The van der Waals surface area contributed by atoms with Crippen molar-refractivity contribution in [1.29, 1.82) is 0 Å². The van der Waals surface area contributed by atoms with Crippen molar-refractivity contribution in [3.05, 3.63) is 59.7 Å². The first-order valence-electron chi connectivity index (χ1n) is 16.8. The van der Waals surface area contributed by atoms with Gasteiger partial charge in [0.2, 0.25) is 0 Å². The molecular weight excluding hydrogens is 520 g/mol.